The summed E-state index contributed by atoms with van der Waals surface area (Å²) in [6.07, 6.45) is 7.42. The molecule has 2 amide bonds. The van der Waals surface area contributed by atoms with Gasteiger partial charge < -0.3 is 5.11 Å². The van der Waals surface area contributed by atoms with Crippen LogP contribution < -0.4 is 4.90 Å². The van der Waals surface area contributed by atoms with E-state index in [4.69, 9.17) is 23.2 Å². The van der Waals surface area contributed by atoms with Crippen LogP contribution in [0.25, 0.3) is 0 Å². The minimum absolute atomic E-state index is 0.120. The van der Waals surface area contributed by atoms with E-state index < -0.39 is 6.10 Å². The van der Waals surface area contributed by atoms with Gasteiger partial charge in [-0.1, -0.05) is 47.5 Å². The molecule has 4 aliphatic carbocycles. The van der Waals surface area contributed by atoms with Gasteiger partial charge in [-0.15, -0.1) is 0 Å². The van der Waals surface area contributed by atoms with Crippen LogP contribution in [0.15, 0.2) is 48.7 Å². The Morgan fingerprint density at radius 1 is 1.00 bits per heavy atom. The fourth-order valence-corrected chi connectivity index (χ4v) is 6.40. The first-order chi connectivity index (χ1) is 15.4. The predicted molar refractivity (Wildman–Crippen MR) is 121 cm³/mol. The molecule has 7 atom stereocenters. The first-order valence-electron chi connectivity index (χ1n) is 11.1. The summed E-state index contributed by atoms with van der Waals surface area (Å²) in [6, 6.07) is 8.84. The van der Waals surface area contributed by atoms with Gasteiger partial charge >= 0.3 is 0 Å². The number of aryl methyl sites for hydroxylation is 1. The highest BCUT2D eigenvalue weighted by atomic mass is 35.5. The van der Waals surface area contributed by atoms with Crippen LogP contribution in [0.4, 0.5) is 5.82 Å². The van der Waals surface area contributed by atoms with Crippen molar-refractivity contribution in [1.29, 1.82) is 0 Å². The molecule has 1 aromatic heterocycles. The summed E-state index contributed by atoms with van der Waals surface area (Å²) in [5.74, 6) is 1.17. The minimum Gasteiger partial charge on any atom is -0.388 e. The zero-order valence-corrected chi connectivity index (χ0v) is 18.7. The standard InChI is InChI=1S/C25H22Cl2N2O3/c26-18-6-1-12(9-19(18)27)2-7-20(30)13-3-8-21(28-11-13)29-24(31)22-14-4-5-15(17-10-16(14)17)23(22)25(29)32/h1,3-6,8-9,11,14-17,20,22-23,30H,2,7,10H2. The number of anilines is 1. The number of carbonyl (C=O) groups excluding carboxylic acids is 2. The Hall–Kier alpha value is -2.21. The summed E-state index contributed by atoms with van der Waals surface area (Å²) in [5, 5.41) is 11.6. The third-order valence-corrected chi connectivity index (χ3v) is 8.48. The number of rotatable bonds is 5. The molecule has 5 nitrogen and oxygen atoms in total. The molecule has 32 heavy (non-hydrogen) atoms. The maximum absolute atomic E-state index is 13.2. The van der Waals surface area contributed by atoms with E-state index in [9.17, 15) is 14.7 Å². The normalized spacial score (nSPS) is 32.8. The van der Waals surface area contributed by atoms with Gasteiger partial charge in [-0.25, -0.2) is 9.88 Å². The van der Waals surface area contributed by atoms with Crippen molar-refractivity contribution in [3.63, 3.8) is 0 Å². The molecule has 0 radical (unpaired) electrons. The number of aliphatic hydroxyl groups excluding tert-OH is 1. The summed E-state index contributed by atoms with van der Waals surface area (Å²) in [6.45, 7) is 0. The van der Waals surface area contributed by atoms with Gasteiger partial charge in [0, 0.05) is 6.20 Å². The summed E-state index contributed by atoms with van der Waals surface area (Å²) in [4.78, 5) is 32.1. The number of pyridine rings is 1. The number of amides is 2. The lowest BCUT2D eigenvalue weighted by Gasteiger charge is -2.37. The molecule has 164 valence electrons. The van der Waals surface area contributed by atoms with Gasteiger partial charge in [0.2, 0.25) is 11.8 Å². The Balaban J connectivity index is 1.16. The highest BCUT2D eigenvalue weighted by Gasteiger charge is 2.67. The Morgan fingerprint density at radius 2 is 1.69 bits per heavy atom. The van der Waals surface area contributed by atoms with Crippen LogP contribution in [0, 0.1) is 35.5 Å². The number of hydrogen-bond acceptors (Lipinski definition) is 4. The maximum Gasteiger partial charge on any atom is 0.239 e. The van der Waals surface area contributed by atoms with E-state index >= 15 is 0 Å². The molecule has 1 aliphatic heterocycles. The summed E-state index contributed by atoms with van der Waals surface area (Å²) < 4.78 is 0. The average molecular weight is 469 g/mol. The Labute approximate surface area is 196 Å². The lowest BCUT2D eigenvalue weighted by Crippen LogP contribution is -2.40. The van der Waals surface area contributed by atoms with E-state index in [2.05, 4.69) is 17.1 Å². The van der Waals surface area contributed by atoms with Crippen LogP contribution in [-0.4, -0.2) is 21.9 Å². The second-order valence-electron chi connectivity index (χ2n) is 9.42. The molecule has 2 heterocycles. The smallest absolute Gasteiger partial charge is 0.239 e. The largest absolute Gasteiger partial charge is 0.388 e. The van der Waals surface area contributed by atoms with Crippen molar-refractivity contribution in [1.82, 2.24) is 4.98 Å². The number of aliphatic hydroxyl groups is 1. The van der Waals surface area contributed by atoms with Crippen molar-refractivity contribution in [2.45, 2.75) is 25.4 Å². The Kier molecular flexibility index (Phi) is 4.72. The Bertz CT molecular complexity index is 1110. The number of benzene rings is 1. The number of hydrogen-bond donors (Lipinski definition) is 1. The second-order valence-corrected chi connectivity index (χ2v) is 10.2. The molecule has 2 bridgehead atoms. The quantitative estimate of drug-likeness (QED) is 0.513. The van der Waals surface area contributed by atoms with Gasteiger partial charge in [0.1, 0.15) is 5.82 Å². The van der Waals surface area contributed by atoms with Crippen molar-refractivity contribution >= 4 is 40.8 Å². The molecular formula is C25H22Cl2N2O3. The fourth-order valence-electron chi connectivity index (χ4n) is 6.07. The highest BCUT2D eigenvalue weighted by molar-refractivity contribution is 6.42. The van der Waals surface area contributed by atoms with E-state index in [1.54, 1.807) is 30.5 Å². The summed E-state index contributed by atoms with van der Waals surface area (Å²) >= 11 is 12.0. The molecule has 0 spiro atoms. The average Bonchev–Trinajstić information content (AvgIpc) is 3.58. The SMILES string of the molecule is O=C1C2C3C=CC(C4CC34)C2C(=O)N1c1ccc(C(O)CCc2ccc(Cl)c(Cl)c2)cn1. The number of imide groups is 1. The highest BCUT2D eigenvalue weighted by Crippen LogP contribution is 2.65. The summed E-state index contributed by atoms with van der Waals surface area (Å²) in [5.41, 5.74) is 1.63. The third-order valence-electron chi connectivity index (χ3n) is 7.74. The van der Waals surface area contributed by atoms with Crippen molar-refractivity contribution in [2.24, 2.45) is 35.5 Å². The first-order valence-corrected chi connectivity index (χ1v) is 11.8. The topological polar surface area (TPSA) is 70.5 Å². The lowest BCUT2D eigenvalue weighted by atomic mass is 9.63. The number of aromatic nitrogens is 1. The zero-order valence-electron chi connectivity index (χ0n) is 17.2. The fraction of sp³-hybridized carbons (Fsp3) is 0.400. The zero-order chi connectivity index (χ0) is 22.1. The minimum atomic E-state index is -0.717. The van der Waals surface area contributed by atoms with Crippen molar-refractivity contribution in [3.05, 3.63) is 69.9 Å². The summed E-state index contributed by atoms with van der Waals surface area (Å²) in [7, 11) is 0. The van der Waals surface area contributed by atoms with Crippen LogP contribution in [-0.2, 0) is 16.0 Å². The van der Waals surface area contributed by atoms with Gasteiger partial charge in [-0.3, -0.25) is 9.59 Å². The molecule has 7 rings (SSSR count). The third kappa shape index (κ3) is 3.06. The molecule has 7 heteroatoms. The number of carbonyl (C=O) groups is 2. The molecule has 1 saturated heterocycles. The van der Waals surface area contributed by atoms with E-state index in [-0.39, 0.29) is 35.5 Å². The van der Waals surface area contributed by atoms with Gasteiger partial charge in [0.15, 0.2) is 0 Å². The second kappa shape index (κ2) is 7.41. The van der Waals surface area contributed by atoms with Crippen LogP contribution >= 0.6 is 23.2 Å². The molecule has 1 aromatic carbocycles. The van der Waals surface area contributed by atoms with Crippen LogP contribution in [0.3, 0.4) is 0 Å². The van der Waals surface area contributed by atoms with Crippen LogP contribution in [0.5, 0.6) is 0 Å². The number of allylic oxidation sites excluding steroid dienone is 2. The first kappa shape index (κ1) is 20.4. The predicted octanol–water partition coefficient (Wildman–Crippen LogP) is 4.61. The van der Waals surface area contributed by atoms with E-state index in [1.165, 1.54) is 4.90 Å². The maximum atomic E-state index is 13.2. The Morgan fingerprint density at radius 3 is 2.28 bits per heavy atom. The molecule has 5 aliphatic rings. The molecule has 1 N–H and O–H groups in total. The number of nitrogens with zero attached hydrogens (tertiary/aromatic N) is 2. The lowest BCUT2D eigenvalue weighted by molar-refractivity contribution is -0.124. The van der Waals surface area contributed by atoms with Crippen molar-refractivity contribution < 1.29 is 14.7 Å². The van der Waals surface area contributed by atoms with Crippen LogP contribution in [0.2, 0.25) is 10.0 Å². The van der Waals surface area contributed by atoms with E-state index in [0.717, 1.165) is 12.0 Å². The molecule has 2 saturated carbocycles. The van der Waals surface area contributed by atoms with Gasteiger partial charge in [0.05, 0.1) is 28.0 Å². The monoisotopic (exact) mass is 468 g/mol. The number of halogens is 2. The van der Waals surface area contributed by atoms with Crippen molar-refractivity contribution in [3.8, 4) is 0 Å². The van der Waals surface area contributed by atoms with Gasteiger partial charge in [0.25, 0.3) is 0 Å². The molecule has 2 aromatic rings. The van der Waals surface area contributed by atoms with Gasteiger partial charge in [-0.2, -0.15) is 0 Å². The molecule has 3 fully saturated rings. The molecular weight excluding hydrogens is 447 g/mol. The van der Waals surface area contributed by atoms with Crippen molar-refractivity contribution in [2.75, 3.05) is 4.90 Å². The van der Waals surface area contributed by atoms with E-state index in [0.29, 0.717) is 46.1 Å². The van der Waals surface area contributed by atoms with Crippen LogP contribution in [0.1, 0.15) is 30.1 Å². The molecule has 7 unspecified atom stereocenters. The van der Waals surface area contributed by atoms with Gasteiger partial charge in [-0.05, 0) is 72.3 Å². The van der Waals surface area contributed by atoms with E-state index in [1.807, 2.05) is 6.07 Å².